The average Bonchev–Trinajstić information content (AvgIpc) is 2.76. The lowest BCUT2D eigenvalue weighted by molar-refractivity contribution is -0.120. The predicted octanol–water partition coefficient (Wildman–Crippen LogP) is 2.45. The van der Waals surface area contributed by atoms with Gasteiger partial charge in [0.1, 0.15) is 5.75 Å². The Morgan fingerprint density at radius 3 is 2.76 bits per heavy atom. The first-order valence-electron chi connectivity index (χ1n) is 9.79. The second-order valence-corrected chi connectivity index (χ2v) is 6.82. The fourth-order valence-electron chi connectivity index (χ4n) is 3.43. The number of ether oxygens (including phenoxy) is 2. The molecule has 1 aliphatic rings. The number of nitrogens with one attached hydrogen (secondary N) is 2. The molecule has 0 unspecified atom stereocenters. The zero-order valence-electron chi connectivity index (χ0n) is 16.9. The van der Waals surface area contributed by atoms with Crippen LogP contribution in [0.15, 0.2) is 42.5 Å². The van der Waals surface area contributed by atoms with E-state index in [1.807, 2.05) is 30.0 Å². The molecule has 2 aromatic rings. The van der Waals surface area contributed by atoms with Gasteiger partial charge < -0.3 is 14.4 Å². The number of amides is 2. The van der Waals surface area contributed by atoms with Gasteiger partial charge in [-0.2, -0.15) is 0 Å². The maximum atomic E-state index is 12.4. The third kappa shape index (κ3) is 5.26. The van der Waals surface area contributed by atoms with Crippen molar-refractivity contribution in [2.45, 2.75) is 26.4 Å². The summed E-state index contributed by atoms with van der Waals surface area (Å²) >= 11 is 0. The number of anilines is 1. The topological polar surface area (TPSA) is 79.9 Å². The van der Waals surface area contributed by atoms with Crippen molar-refractivity contribution in [1.82, 2.24) is 10.9 Å². The van der Waals surface area contributed by atoms with Crippen molar-refractivity contribution in [2.24, 2.45) is 0 Å². The van der Waals surface area contributed by atoms with E-state index in [0.717, 1.165) is 30.6 Å². The Kier molecular flexibility index (Phi) is 7.08. The zero-order valence-corrected chi connectivity index (χ0v) is 16.9. The lowest BCUT2D eigenvalue weighted by atomic mass is 10.0. The number of hydrazine groups is 1. The van der Waals surface area contributed by atoms with Gasteiger partial charge in [0, 0.05) is 30.0 Å². The van der Waals surface area contributed by atoms with Crippen molar-refractivity contribution in [3.63, 3.8) is 0 Å². The van der Waals surface area contributed by atoms with E-state index in [2.05, 4.69) is 16.9 Å². The van der Waals surface area contributed by atoms with Crippen molar-refractivity contribution < 1.29 is 19.1 Å². The molecule has 1 aliphatic heterocycles. The SMILES string of the molecule is CCOCc1cc(C(=O)NNC(=O)CN2CCCc3ccccc32)ccc1OC. The van der Waals surface area contributed by atoms with Crippen LogP contribution >= 0.6 is 0 Å². The summed E-state index contributed by atoms with van der Waals surface area (Å²) in [7, 11) is 1.57. The molecule has 0 atom stereocenters. The Balaban J connectivity index is 1.57. The predicted molar refractivity (Wildman–Crippen MR) is 111 cm³/mol. The Labute approximate surface area is 171 Å². The molecule has 154 valence electrons. The molecule has 0 radical (unpaired) electrons. The van der Waals surface area contributed by atoms with Gasteiger partial charge in [0.15, 0.2) is 0 Å². The maximum absolute atomic E-state index is 12.4. The number of rotatable bonds is 7. The van der Waals surface area contributed by atoms with E-state index in [0.29, 0.717) is 24.5 Å². The van der Waals surface area contributed by atoms with Crippen LogP contribution in [0.1, 0.15) is 34.8 Å². The smallest absolute Gasteiger partial charge is 0.269 e. The molecule has 2 aromatic carbocycles. The van der Waals surface area contributed by atoms with Crippen molar-refractivity contribution >= 4 is 17.5 Å². The Hall–Kier alpha value is -3.06. The van der Waals surface area contributed by atoms with Gasteiger partial charge in [0.05, 0.1) is 20.3 Å². The number of carbonyl (C=O) groups is 2. The molecular formula is C22H27N3O4. The van der Waals surface area contributed by atoms with E-state index in [4.69, 9.17) is 9.47 Å². The first-order chi connectivity index (χ1) is 14.1. The van der Waals surface area contributed by atoms with E-state index in [1.165, 1.54) is 5.56 Å². The van der Waals surface area contributed by atoms with Gasteiger partial charge in [-0.25, -0.2) is 0 Å². The number of carbonyl (C=O) groups excluding carboxylic acids is 2. The standard InChI is InChI=1S/C22H27N3O4/c1-3-29-15-18-13-17(10-11-20(18)28-2)22(27)24-23-21(26)14-25-12-6-8-16-7-4-5-9-19(16)25/h4-5,7,9-11,13H,3,6,8,12,14-15H2,1-2H3,(H,23,26)(H,24,27). The molecule has 0 saturated carbocycles. The molecule has 0 aliphatic carbocycles. The number of nitrogens with zero attached hydrogens (tertiary/aromatic N) is 1. The number of para-hydroxylation sites is 1. The highest BCUT2D eigenvalue weighted by molar-refractivity contribution is 5.96. The van der Waals surface area contributed by atoms with Gasteiger partial charge >= 0.3 is 0 Å². The number of hydrogen-bond acceptors (Lipinski definition) is 5. The Morgan fingerprint density at radius 1 is 1.14 bits per heavy atom. The number of methoxy groups -OCH3 is 1. The van der Waals surface area contributed by atoms with Crippen LogP contribution in [0.3, 0.4) is 0 Å². The number of fused-ring (bicyclic) bond motifs is 1. The molecular weight excluding hydrogens is 370 g/mol. The number of benzene rings is 2. The van der Waals surface area contributed by atoms with E-state index >= 15 is 0 Å². The van der Waals surface area contributed by atoms with Crippen LogP contribution in [0.4, 0.5) is 5.69 Å². The average molecular weight is 397 g/mol. The number of aryl methyl sites for hydroxylation is 1. The molecule has 3 rings (SSSR count). The molecule has 7 heteroatoms. The lowest BCUT2D eigenvalue weighted by Gasteiger charge is -2.30. The van der Waals surface area contributed by atoms with Crippen LogP contribution in [0, 0.1) is 0 Å². The maximum Gasteiger partial charge on any atom is 0.269 e. The highest BCUT2D eigenvalue weighted by Crippen LogP contribution is 2.26. The highest BCUT2D eigenvalue weighted by atomic mass is 16.5. The van der Waals surface area contributed by atoms with Gasteiger partial charge in [0.2, 0.25) is 0 Å². The van der Waals surface area contributed by atoms with Crippen LogP contribution in [0.5, 0.6) is 5.75 Å². The van der Waals surface area contributed by atoms with Crippen molar-refractivity contribution in [3.8, 4) is 5.75 Å². The van der Waals surface area contributed by atoms with E-state index < -0.39 is 5.91 Å². The molecule has 29 heavy (non-hydrogen) atoms. The van der Waals surface area contributed by atoms with Crippen LogP contribution in [-0.2, 0) is 22.6 Å². The first kappa shape index (κ1) is 20.7. The van der Waals surface area contributed by atoms with E-state index in [9.17, 15) is 9.59 Å². The monoisotopic (exact) mass is 397 g/mol. The van der Waals surface area contributed by atoms with Gasteiger partial charge in [0.25, 0.3) is 11.8 Å². The summed E-state index contributed by atoms with van der Waals surface area (Å²) in [5.41, 5.74) is 8.52. The van der Waals surface area contributed by atoms with Crippen LogP contribution in [-0.4, -0.2) is 38.6 Å². The summed E-state index contributed by atoms with van der Waals surface area (Å²) in [5.74, 6) is -0.00120. The fourth-order valence-corrected chi connectivity index (χ4v) is 3.43. The van der Waals surface area contributed by atoms with Gasteiger partial charge in [-0.15, -0.1) is 0 Å². The van der Waals surface area contributed by atoms with Crippen LogP contribution in [0.2, 0.25) is 0 Å². The minimum atomic E-state index is -0.391. The van der Waals surface area contributed by atoms with Gasteiger partial charge in [-0.3, -0.25) is 20.4 Å². The van der Waals surface area contributed by atoms with Crippen molar-refractivity contribution in [3.05, 3.63) is 59.2 Å². The summed E-state index contributed by atoms with van der Waals surface area (Å²) in [5, 5.41) is 0. The number of hydrogen-bond donors (Lipinski definition) is 2. The molecule has 2 amide bonds. The van der Waals surface area contributed by atoms with Crippen LogP contribution < -0.4 is 20.5 Å². The summed E-state index contributed by atoms with van der Waals surface area (Å²) in [6.45, 7) is 3.82. The molecule has 7 nitrogen and oxygen atoms in total. The Bertz CT molecular complexity index is 869. The molecule has 0 fully saturated rings. The van der Waals surface area contributed by atoms with Gasteiger partial charge in [-0.1, -0.05) is 18.2 Å². The first-order valence-corrected chi connectivity index (χ1v) is 9.79. The van der Waals surface area contributed by atoms with E-state index in [1.54, 1.807) is 25.3 Å². The zero-order chi connectivity index (χ0) is 20.6. The quantitative estimate of drug-likeness (QED) is 0.702. The van der Waals surface area contributed by atoms with Crippen molar-refractivity contribution in [1.29, 1.82) is 0 Å². The normalized spacial score (nSPS) is 12.8. The molecule has 2 N–H and O–H groups in total. The second-order valence-electron chi connectivity index (χ2n) is 6.82. The summed E-state index contributed by atoms with van der Waals surface area (Å²) in [6.07, 6.45) is 2.03. The second kappa shape index (κ2) is 9.93. The highest BCUT2D eigenvalue weighted by Gasteiger charge is 2.19. The third-order valence-corrected chi connectivity index (χ3v) is 4.86. The van der Waals surface area contributed by atoms with Gasteiger partial charge in [-0.05, 0) is 49.6 Å². The third-order valence-electron chi connectivity index (χ3n) is 4.86. The Morgan fingerprint density at radius 2 is 1.97 bits per heavy atom. The minimum absolute atomic E-state index is 0.190. The lowest BCUT2D eigenvalue weighted by Crippen LogP contribution is -2.47. The summed E-state index contributed by atoms with van der Waals surface area (Å²) < 4.78 is 10.7. The van der Waals surface area contributed by atoms with Crippen LogP contribution in [0.25, 0.3) is 0 Å². The minimum Gasteiger partial charge on any atom is -0.496 e. The van der Waals surface area contributed by atoms with E-state index in [-0.39, 0.29) is 12.5 Å². The fraction of sp³-hybridized carbons (Fsp3) is 0.364. The largest absolute Gasteiger partial charge is 0.496 e. The van der Waals surface area contributed by atoms with Crippen molar-refractivity contribution in [2.75, 3.05) is 31.7 Å². The molecule has 0 saturated heterocycles. The molecule has 0 bridgehead atoms. The molecule has 0 aromatic heterocycles. The molecule has 1 heterocycles. The summed E-state index contributed by atoms with van der Waals surface area (Å²) in [6, 6.07) is 13.2. The molecule has 0 spiro atoms. The summed E-state index contributed by atoms with van der Waals surface area (Å²) in [4.78, 5) is 26.8.